The minimum atomic E-state index is -0.149. The first kappa shape index (κ1) is 18.7. The zero-order chi connectivity index (χ0) is 20.3. The third-order valence-corrected chi connectivity index (χ3v) is 6.77. The van der Waals surface area contributed by atoms with E-state index in [4.69, 9.17) is 23.2 Å². The average Bonchev–Trinajstić information content (AvgIpc) is 2.67. The average molecular weight is 422 g/mol. The summed E-state index contributed by atoms with van der Waals surface area (Å²) in [6, 6.07) is 18.3. The summed E-state index contributed by atoms with van der Waals surface area (Å²) in [6.07, 6.45) is 1.39. The van der Waals surface area contributed by atoms with E-state index in [1.807, 2.05) is 24.3 Å². The number of nitrogens with one attached hydrogen (secondary N) is 1. The molecule has 1 aliphatic carbocycles. The van der Waals surface area contributed by atoms with Crippen LogP contribution < -0.4 is 5.32 Å². The largest absolute Gasteiger partial charge is 0.358 e. The quantitative estimate of drug-likeness (QED) is 0.444. The Balaban J connectivity index is 1.80. The lowest BCUT2D eigenvalue weighted by Crippen LogP contribution is -2.33. The fraction of sp³-hybridized carbons (Fsp3) is 0.240. The molecule has 2 aliphatic rings. The normalized spacial score (nSPS) is 20.3. The topological polar surface area (TPSA) is 29.1 Å². The molecule has 1 N–H and O–H groups in total. The van der Waals surface area contributed by atoms with Crippen molar-refractivity contribution in [3.8, 4) is 0 Å². The molecule has 0 fully saturated rings. The second-order valence-corrected chi connectivity index (χ2v) is 9.63. The summed E-state index contributed by atoms with van der Waals surface area (Å²) < 4.78 is 0. The monoisotopic (exact) mass is 421 g/mol. The molecule has 146 valence electrons. The maximum absolute atomic E-state index is 13.3. The number of halogens is 2. The van der Waals surface area contributed by atoms with E-state index in [9.17, 15) is 4.79 Å². The van der Waals surface area contributed by atoms with Gasteiger partial charge in [0.15, 0.2) is 5.78 Å². The van der Waals surface area contributed by atoms with E-state index < -0.39 is 0 Å². The molecule has 1 aliphatic heterocycles. The fourth-order valence-corrected chi connectivity index (χ4v) is 5.10. The van der Waals surface area contributed by atoms with Gasteiger partial charge in [-0.05, 0) is 40.5 Å². The lowest BCUT2D eigenvalue weighted by Gasteiger charge is -2.40. The minimum Gasteiger partial charge on any atom is -0.358 e. The Kier molecular flexibility index (Phi) is 4.27. The highest BCUT2D eigenvalue weighted by atomic mass is 35.5. The maximum atomic E-state index is 13.3. The highest BCUT2D eigenvalue weighted by Crippen LogP contribution is 2.51. The maximum Gasteiger partial charge on any atom is 0.162 e. The third kappa shape index (κ3) is 3.06. The molecule has 0 spiro atoms. The Morgan fingerprint density at radius 2 is 1.76 bits per heavy atom. The molecule has 0 radical (unpaired) electrons. The van der Waals surface area contributed by atoms with E-state index in [1.165, 1.54) is 5.39 Å². The number of carbonyl (C=O) groups is 1. The van der Waals surface area contributed by atoms with Crippen LogP contribution in [0, 0.1) is 5.41 Å². The minimum absolute atomic E-state index is 0.0623. The summed E-state index contributed by atoms with van der Waals surface area (Å²) >= 11 is 12.5. The molecule has 1 heterocycles. The van der Waals surface area contributed by atoms with Crippen molar-refractivity contribution >= 4 is 45.4 Å². The molecule has 0 aromatic heterocycles. The van der Waals surface area contributed by atoms with Crippen LogP contribution in [0.3, 0.4) is 0 Å². The van der Waals surface area contributed by atoms with Crippen LogP contribution in [0.25, 0.3) is 10.8 Å². The van der Waals surface area contributed by atoms with Gasteiger partial charge >= 0.3 is 0 Å². The first-order valence-corrected chi connectivity index (χ1v) is 10.6. The van der Waals surface area contributed by atoms with Gasteiger partial charge in [-0.2, -0.15) is 0 Å². The number of anilines is 1. The highest BCUT2D eigenvalue weighted by Gasteiger charge is 2.41. The van der Waals surface area contributed by atoms with Crippen LogP contribution in [0.5, 0.6) is 0 Å². The zero-order valence-electron chi connectivity index (χ0n) is 16.4. The summed E-state index contributed by atoms with van der Waals surface area (Å²) in [5.74, 6) is 0.0582. The van der Waals surface area contributed by atoms with Crippen LogP contribution in [0.4, 0.5) is 5.69 Å². The molecule has 0 amide bonds. The van der Waals surface area contributed by atoms with Crippen LogP contribution in [0.15, 0.2) is 65.9 Å². The van der Waals surface area contributed by atoms with Crippen molar-refractivity contribution in [2.24, 2.45) is 5.41 Å². The smallest absolute Gasteiger partial charge is 0.162 e. The number of hydrogen-bond acceptors (Lipinski definition) is 2. The summed E-state index contributed by atoms with van der Waals surface area (Å²) in [6.45, 7) is 4.31. The van der Waals surface area contributed by atoms with Gasteiger partial charge in [-0.3, -0.25) is 4.79 Å². The van der Waals surface area contributed by atoms with Gasteiger partial charge in [-0.15, -0.1) is 0 Å². The van der Waals surface area contributed by atoms with Gasteiger partial charge in [0.25, 0.3) is 0 Å². The standard InChI is InChI=1S/C25H21Cl2NO/c1-25(2)12-20-23(21(29)13-25)22(15-8-10-18(26)19(27)11-15)17-9-7-14-5-3-4-6-16(14)24(17)28-20/h3-11,22,28H,12-13H2,1-2H3. The summed E-state index contributed by atoms with van der Waals surface area (Å²) in [5.41, 5.74) is 5.03. The number of benzene rings is 3. The van der Waals surface area contributed by atoms with Crippen LogP contribution in [-0.2, 0) is 4.79 Å². The van der Waals surface area contributed by atoms with Gasteiger partial charge in [0.1, 0.15) is 0 Å². The molecule has 5 rings (SSSR count). The molecular formula is C25H21Cl2NO. The van der Waals surface area contributed by atoms with E-state index in [0.29, 0.717) is 16.5 Å². The van der Waals surface area contributed by atoms with Crippen LogP contribution >= 0.6 is 23.2 Å². The van der Waals surface area contributed by atoms with Crippen LogP contribution in [0.1, 0.15) is 43.7 Å². The fourth-order valence-electron chi connectivity index (χ4n) is 4.79. The molecule has 0 saturated carbocycles. The van der Waals surface area contributed by atoms with Gasteiger partial charge in [-0.1, -0.05) is 79.5 Å². The summed E-state index contributed by atoms with van der Waals surface area (Å²) in [4.78, 5) is 13.3. The lowest BCUT2D eigenvalue weighted by atomic mass is 9.68. The van der Waals surface area contributed by atoms with Crippen LogP contribution in [-0.4, -0.2) is 5.78 Å². The first-order valence-electron chi connectivity index (χ1n) is 9.84. The molecule has 4 heteroatoms. The van der Waals surface area contributed by atoms with Crippen molar-refractivity contribution in [3.63, 3.8) is 0 Å². The van der Waals surface area contributed by atoms with Crippen molar-refractivity contribution in [1.82, 2.24) is 0 Å². The number of fused-ring (bicyclic) bond motifs is 3. The molecule has 3 aromatic carbocycles. The molecule has 2 nitrogen and oxygen atoms in total. The molecule has 1 unspecified atom stereocenters. The molecule has 3 aromatic rings. The number of rotatable bonds is 1. The van der Waals surface area contributed by atoms with Gasteiger partial charge in [0.05, 0.1) is 15.7 Å². The zero-order valence-corrected chi connectivity index (χ0v) is 17.9. The van der Waals surface area contributed by atoms with Crippen molar-refractivity contribution in [2.45, 2.75) is 32.6 Å². The SMILES string of the molecule is CC1(C)CC(=O)C2=C(C1)Nc1c(ccc3ccccc13)C2c1ccc(Cl)c(Cl)c1. The van der Waals surface area contributed by atoms with Gasteiger partial charge in [0, 0.05) is 29.0 Å². The second-order valence-electron chi connectivity index (χ2n) is 8.82. The van der Waals surface area contributed by atoms with E-state index in [0.717, 1.165) is 39.9 Å². The highest BCUT2D eigenvalue weighted by molar-refractivity contribution is 6.42. The van der Waals surface area contributed by atoms with E-state index in [-0.39, 0.29) is 17.1 Å². The van der Waals surface area contributed by atoms with Crippen molar-refractivity contribution in [2.75, 3.05) is 5.32 Å². The van der Waals surface area contributed by atoms with E-state index >= 15 is 0 Å². The first-order chi connectivity index (χ1) is 13.8. The van der Waals surface area contributed by atoms with Gasteiger partial charge < -0.3 is 5.32 Å². The predicted molar refractivity (Wildman–Crippen MR) is 121 cm³/mol. The van der Waals surface area contributed by atoms with Gasteiger partial charge in [0.2, 0.25) is 0 Å². The Morgan fingerprint density at radius 3 is 2.55 bits per heavy atom. The molecular weight excluding hydrogens is 401 g/mol. The predicted octanol–water partition coefficient (Wildman–Crippen LogP) is 7.35. The van der Waals surface area contributed by atoms with E-state index in [1.54, 1.807) is 0 Å². The number of carbonyl (C=O) groups excluding carboxylic acids is 1. The Hall–Kier alpha value is -2.29. The number of ketones is 1. The van der Waals surface area contributed by atoms with Crippen molar-refractivity contribution in [1.29, 1.82) is 0 Å². The Bertz CT molecular complexity index is 1210. The van der Waals surface area contributed by atoms with Crippen molar-refractivity contribution in [3.05, 3.63) is 87.0 Å². The molecule has 0 saturated heterocycles. The van der Waals surface area contributed by atoms with Crippen molar-refractivity contribution < 1.29 is 4.79 Å². The summed E-state index contributed by atoms with van der Waals surface area (Å²) in [7, 11) is 0. The lowest BCUT2D eigenvalue weighted by molar-refractivity contribution is -0.118. The third-order valence-electron chi connectivity index (χ3n) is 6.03. The number of Topliss-reactive ketones (excluding diaryl/α,β-unsaturated/α-hetero) is 1. The van der Waals surface area contributed by atoms with Crippen LogP contribution in [0.2, 0.25) is 10.0 Å². The second kappa shape index (κ2) is 6.62. The van der Waals surface area contributed by atoms with Gasteiger partial charge in [-0.25, -0.2) is 0 Å². The van der Waals surface area contributed by atoms with E-state index in [2.05, 4.69) is 49.5 Å². The molecule has 1 atom stereocenters. The molecule has 29 heavy (non-hydrogen) atoms. The molecule has 0 bridgehead atoms. The number of hydrogen-bond donors (Lipinski definition) is 1. The number of allylic oxidation sites excluding steroid dienone is 2. The Morgan fingerprint density at radius 1 is 0.966 bits per heavy atom. The Labute approximate surface area is 180 Å². The summed E-state index contributed by atoms with van der Waals surface area (Å²) in [5, 5.41) is 7.03.